The maximum Gasteiger partial charge on any atom is 0.119 e. The number of hydrogen-bond donors (Lipinski definition) is 0. The monoisotopic (exact) mass is 502 g/mol. The van der Waals surface area contributed by atoms with Crippen molar-refractivity contribution in [1.29, 1.82) is 0 Å². The molecule has 1 nitrogen and oxygen atoms in total. The Kier molecular flexibility index (Phi) is 5.56. The largest absolute Gasteiger partial charge is 0.497 e. The first-order chi connectivity index (χ1) is 17.7. The van der Waals surface area contributed by atoms with Crippen molar-refractivity contribution in [2.75, 3.05) is 7.11 Å². The zero-order valence-electron chi connectivity index (χ0n) is 20.2. The minimum absolute atomic E-state index is 0.968. The highest BCUT2D eigenvalue weighted by Crippen LogP contribution is 2.40. The predicted molar refractivity (Wildman–Crippen MR) is 159 cm³/mol. The van der Waals surface area contributed by atoms with E-state index in [4.69, 9.17) is 4.74 Å². The van der Waals surface area contributed by atoms with Crippen molar-refractivity contribution in [3.8, 4) is 16.9 Å². The van der Waals surface area contributed by atoms with Crippen LogP contribution in [0.1, 0.15) is 22.3 Å². The van der Waals surface area contributed by atoms with Crippen LogP contribution in [-0.4, -0.2) is 7.11 Å². The van der Waals surface area contributed by atoms with Crippen LogP contribution < -0.4 is 4.74 Å². The van der Waals surface area contributed by atoms with Gasteiger partial charge < -0.3 is 4.74 Å². The van der Waals surface area contributed by atoms with E-state index in [-0.39, 0.29) is 0 Å². The summed E-state index contributed by atoms with van der Waals surface area (Å²) in [5.74, 6) is 4.96. The molecule has 0 radical (unpaired) electrons. The molecule has 7 rings (SSSR count). The molecule has 0 amide bonds. The number of hydrogen-bond acceptors (Lipinski definition) is 3. The number of rotatable bonds is 2. The van der Waals surface area contributed by atoms with E-state index in [1.165, 1.54) is 65.7 Å². The SMILES string of the molecule is COc1cc2cc(c1)CSCc1cc(cc(-c3ccc4ccc5cccc6ccc3c4c56)c1)CSC2. The smallest absolute Gasteiger partial charge is 0.119 e. The Balaban J connectivity index is 1.33. The Bertz CT molecular complexity index is 1670. The second kappa shape index (κ2) is 9.06. The summed E-state index contributed by atoms with van der Waals surface area (Å²) in [4.78, 5) is 0. The number of fused-ring (bicyclic) bond motifs is 4. The summed E-state index contributed by atoms with van der Waals surface area (Å²) < 4.78 is 5.56. The zero-order chi connectivity index (χ0) is 24.1. The van der Waals surface area contributed by atoms with Crippen molar-refractivity contribution in [2.24, 2.45) is 0 Å². The molecule has 6 aromatic carbocycles. The number of benzene rings is 6. The summed E-state index contributed by atoms with van der Waals surface area (Å²) in [6.07, 6.45) is 0. The lowest BCUT2D eigenvalue weighted by Gasteiger charge is -2.16. The van der Waals surface area contributed by atoms with Crippen LogP contribution in [0.3, 0.4) is 0 Å². The van der Waals surface area contributed by atoms with E-state index in [1.54, 1.807) is 7.11 Å². The van der Waals surface area contributed by atoms with Crippen LogP contribution in [-0.2, 0) is 23.0 Å². The topological polar surface area (TPSA) is 9.23 Å². The maximum absolute atomic E-state index is 5.56. The molecule has 36 heavy (non-hydrogen) atoms. The van der Waals surface area contributed by atoms with Gasteiger partial charge in [0, 0.05) is 23.0 Å². The van der Waals surface area contributed by atoms with E-state index in [1.807, 2.05) is 23.5 Å². The van der Waals surface area contributed by atoms with Gasteiger partial charge in [-0.05, 0) is 77.8 Å². The van der Waals surface area contributed by atoms with Crippen LogP contribution in [0.2, 0.25) is 0 Å². The Labute approximate surface area is 220 Å². The molecule has 1 heterocycles. The molecule has 0 saturated heterocycles. The van der Waals surface area contributed by atoms with Crippen LogP contribution in [0.25, 0.3) is 43.4 Å². The van der Waals surface area contributed by atoms with Crippen molar-refractivity contribution < 1.29 is 4.74 Å². The minimum Gasteiger partial charge on any atom is -0.497 e. The normalized spacial score (nSPS) is 14.1. The molecule has 0 aliphatic carbocycles. The lowest BCUT2D eigenvalue weighted by molar-refractivity contribution is 0.414. The Hall–Kier alpha value is -3.14. The second-order valence-electron chi connectivity index (χ2n) is 9.68. The van der Waals surface area contributed by atoms with Gasteiger partial charge in [-0.2, -0.15) is 23.5 Å². The molecule has 1 aliphatic rings. The molecule has 0 N–H and O–H groups in total. The van der Waals surface area contributed by atoms with Gasteiger partial charge in [-0.25, -0.2) is 0 Å². The van der Waals surface area contributed by atoms with E-state index in [0.717, 1.165) is 28.8 Å². The zero-order valence-corrected chi connectivity index (χ0v) is 21.8. The fourth-order valence-corrected chi connectivity index (χ4v) is 7.47. The molecule has 176 valence electrons. The van der Waals surface area contributed by atoms with Crippen LogP contribution in [0, 0.1) is 0 Å². The molecule has 0 saturated carbocycles. The van der Waals surface area contributed by atoms with Crippen LogP contribution in [0.4, 0.5) is 0 Å². The Morgan fingerprint density at radius 1 is 0.556 bits per heavy atom. The Morgan fingerprint density at radius 2 is 1.08 bits per heavy atom. The van der Waals surface area contributed by atoms with E-state index in [0.29, 0.717) is 0 Å². The van der Waals surface area contributed by atoms with Crippen LogP contribution in [0.15, 0.2) is 91.0 Å². The molecule has 0 spiro atoms. The second-order valence-corrected chi connectivity index (χ2v) is 11.7. The van der Waals surface area contributed by atoms with Gasteiger partial charge in [-0.1, -0.05) is 78.9 Å². The highest BCUT2D eigenvalue weighted by molar-refractivity contribution is 7.98. The molecule has 4 bridgehead atoms. The van der Waals surface area contributed by atoms with Crippen LogP contribution >= 0.6 is 23.5 Å². The average molecular weight is 503 g/mol. The highest BCUT2D eigenvalue weighted by Gasteiger charge is 2.14. The minimum atomic E-state index is 0.968. The van der Waals surface area contributed by atoms with Gasteiger partial charge in [0.25, 0.3) is 0 Å². The molecule has 0 aromatic heterocycles. The highest BCUT2D eigenvalue weighted by atomic mass is 32.2. The quantitative estimate of drug-likeness (QED) is 0.218. The summed E-state index contributed by atoms with van der Waals surface area (Å²) in [7, 11) is 1.76. The Morgan fingerprint density at radius 3 is 1.69 bits per heavy atom. The van der Waals surface area contributed by atoms with Gasteiger partial charge in [-0.3, -0.25) is 0 Å². The molecular formula is C33H26OS2. The maximum atomic E-state index is 5.56. The van der Waals surface area contributed by atoms with Gasteiger partial charge in [0.2, 0.25) is 0 Å². The number of methoxy groups -OCH3 is 1. The molecule has 6 aromatic rings. The van der Waals surface area contributed by atoms with Crippen molar-refractivity contribution in [2.45, 2.75) is 23.0 Å². The molecular weight excluding hydrogens is 476 g/mol. The van der Waals surface area contributed by atoms with Gasteiger partial charge in [0.05, 0.1) is 7.11 Å². The average Bonchev–Trinajstić information content (AvgIpc) is 2.91. The summed E-state index contributed by atoms with van der Waals surface area (Å²) in [6, 6.07) is 34.3. The van der Waals surface area contributed by atoms with Crippen LogP contribution in [0.5, 0.6) is 5.75 Å². The molecule has 0 fully saturated rings. The third-order valence-electron chi connectivity index (χ3n) is 7.23. The summed E-state index contributed by atoms with van der Waals surface area (Å²) in [5.41, 5.74) is 8.17. The first kappa shape index (κ1) is 22.1. The van der Waals surface area contributed by atoms with Crippen molar-refractivity contribution in [3.63, 3.8) is 0 Å². The molecule has 0 unspecified atom stereocenters. The molecule has 0 atom stereocenters. The third kappa shape index (κ3) is 3.91. The summed E-state index contributed by atoms with van der Waals surface area (Å²) >= 11 is 3.96. The third-order valence-corrected chi connectivity index (χ3v) is 9.38. The van der Waals surface area contributed by atoms with Crippen molar-refractivity contribution in [1.82, 2.24) is 0 Å². The van der Waals surface area contributed by atoms with Crippen molar-refractivity contribution in [3.05, 3.63) is 113 Å². The fraction of sp³-hybridized carbons (Fsp3) is 0.152. The molecule has 1 aliphatic heterocycles. The lowest BCUT2D eigenvalue weighted by atomic mass is 9.89. The van der Waals surface area contributed by atoms with Gasteiger partial charge in [0.1, 0.15) is 5.75 Å². The van der Waals surface area contributed by atoms with E-state index in [2.05, 4.69) is 91.0 Å². The molecule has 3 heteroatoms. The number of ether oxygens (including phenoxy) is 1. The summed E-state index contributed by atoms with van der Waals surface area (Å²) in [5, 5.41) is 8.08. The van der Waals surface area contributed by atoms with Gasteiger partial charge in [0.15, 0.2) is 0 Å². The predicted octanol–water partition coefficient (Wildman–Crippen LogP) is 9.44. The van der Waals surface area contributed by atoms with Gasteiger partial charge in [-0.15, -0.1) is 0 Å². The summed E-state index contributed by atoms with van der Waals surface area (Å²) in [6.45, 7) is 0. The van der Waals surface area contributed by atoms with Crippen molar-refractivity contribution >= 4 is 55.8 Å². The van der Waals surface area contributed by atoms with E-state index in [9.17, 15) is 0 Å². The first-order valence-corrected chi connectivity index (χ1v) is 14.7. The van der Waals surface area contributed by atoms with E-state index < -0.39 is 0 Å². The standard InChI is InChI=1S/C33H26OS2/c1-34-29-15-23-12-24(16-29)20-36-18-22-11-21(17-35-19-23)13-28(14-22)30-9-7-27-6-5-25-3-2-4-26-8-10-31(30)33(27)32(25)26/h2-16H,17-20H2,1H3. The fourth-order valence-electron chi connectivity index (χ4n) is 5.66. The lowest BCUT2D eigenvalue weighted by Crippen LogP contribution is -1.95. The number of thioether (sulfide) groups is 2. The van der Waals surface area contributed by atoms with Gasteiger partial charge >= 0.3 is 0 Å². The van der Waals surface area contributed by atoms with E-state index >= 15 is 0 Å². The first-order valence-electron chi connectivity index (χ1n) is 12.4.